The largest absolute Gasteiger partial charge is 0.383 e. The number of hydrogen-bond acceptors (Lipinski definition) is 4. The number of rotatable bonds is 7. The lowest BCUT2D eigenvalue weighted by molar-refractivity contribution is -0.120. The number of ether oxygens (including phenoxy) is 1. The summed E-state index contributed by atoms with van der Waals surface area (Å²) < 4.78 is 4.87. The molecule has 0 unspecified atom stereocenters. The van der Waals surface area contributed by atoms with Crippen LogP contribution in [0.2, 0.25) is 0 Å². The molecule has 0 spiro atoms. The molecule has 2 N–H and O–H groups in total. The molecule has 1 saturated carbocycles. The predicted molar refractivity (Wildman–Crippen MR) is 72.4 cm³/mol. The van der Waals surface area contributed by atoms with E-state index in [0.717, 1.165) is 5.25 Å². The third-order valence-corrected chi connectivity index (χ3v) is 4.33. The summed E-state index contributed by atoms with van der Waals surface area (Å²) in [5, 5.41) is 6.97. The van der Waals surface area contributed by atoms with Crippen molar-refractivity contribution in [2.45, 2.75) is 37.0 Å². The van der Waals surface area contributed by atoms with Crippen molar-refractivity contribution in [3.63, 3.8) is 0 Å². The zero-order valence-electron chi connectivity index (χ0n) is 10.8. The van der Waals surface area contributed by atoms with Crippen LogP contribution in [-0.4, -0.2) is 50.3 Å². The molecule has 0 atom stereocenters. The molecule has 0 heterocycles. The molecule has 1 fully saturated rings. The number of carbonyl (C=O) groups excluding carboxylic acids is 1. The molecule has 0 aromatic carbocycles. The molecule has 1 rings (SSSR count). The lowest BCUT2D eigenvalue weighted by Gasteiger charge is -2.27. The molecule has 1 aliphatic carbocycles. The molecule has 4 nitrogen and oxygen atoms in total. The van der Waals surface area contributed by atoms with E-state index in [9.17, 15) is 4.79 Å². The molecule has 0 saturated heterocycles. The standard InChI is InChI=1S/C12H24N2O2S/c1-16-8-7-13-12(15)9-14-10-3-5-11(17-2)6-4-10/h10-11,14H,3-9H2,1-2H3,(H,13,15). The van der Waals surface area contributed by atoms with E-state index < -0.39 is 0 Å². The summed E-state index contributed by atoms with van der Waals surface area (Å²) in [6.45, 7) is 1.60. The number of carbonyl (C=O) groups is 1. The van der Waals surface area contributed by atoms with Crippen LogP contribution in [0, 0.1) is 0 Å². The Hall–Kier alpha value is -0.260. The minimum Gasteiger partial charge on any atom is -0.383 e. The normalized spacial score (nSPS) is 24.6. The first-order valence-electron chi connectivity index (χ1n) is 6.28. The number of amides is 1. The fourth-order valence-corrected chi connectivity index (χ4v) is 2.84. The number of hydrogen-bond donors (Lipinski definition) is 2. The highest BCUT2D eigenvalue weighted by molar-refractivity contribution is 7.99. The average Bonchev–Trinajstić information content (AvgIpc) is 2.37. The van der Waals surface area contributed by atoms with Crippen LogP contribution < -0.4 is 10.6 Å². The van der Waals surface area contributed by atoms with Crippen LogP contribution in [-0.2, 0) is 9.53 Å². The topological polar surface area (TPSA) is 50.4 Å². The Balaban J connectivity index is 2.04. The van der Waals surface area contributed by atoms with Gasteiger partial charge < -0.3 is 15.4 Å². The van der Waals surface area contributed by atoms with Gasteiger partial charge in [0.15, 0.2) is 0 Å². The number of nitrogens with one attached hydrogen (secondary N) is 2. The second-order valence-corrected chi connectivity index (χ2v) is 5.57. The minimum atomic E-state index is 0.0639. The SMILES string of the molecule is COCCNC(=O)CNC1CCC(SC)CC1. The van der Waals surface area contributed by atoms with Gasteiger partial charge in [0.25, 0.3) is 0 Å². The van der Waals surface area contributed by atoms with Gasteiger partial charge in [-0.15, -0.1) is 0 Å². The second kappa shape index (κ2) is 8.78. The minimum absolute atomic E-state index is 0.0639. The molecule has 0 aromatic heterocycles. The maximum absolute atomic E-state index is 11.4. The molecule has 0 bridgehead atoms. The summed E-state index contributed by atoms with van der Waals surface area (Å²) in [4.78, 5) is 11.4. The van der Waals surface area contributed by atoms with Crippen molar-refractivity contribution in [1.82, 2.24) is 10.6 Å². The molecular weight excluding hydrogens is 236 g/mol. The van der Waals surface area contributed by atoms with Gasteiger partial charge in [-0.2, -0.15) is 11.8 Å². The predicted octanol–water partition coefficient (Wildman–Crippen LogP) is 1.01. The fourth-order valence-electron chi connectivity index (χ4n) is 2.09. The Labute approximate surface area is 108 Å². The van der Waals surface area contributed by atoms with Crippen molar-refractivity contribution >= 4 is 17.7 Å². The van der Waals surface area contributed by atoms with Crippen LogP contribution >= 0.6 is 11.8 Å². The van der Waals surface area contributed by atoms with Gasteiger partial charge in [0.05, 0.1) is 13.2 Å². The summed E-state index contributed by atoms with van der Waals surface area (Å²) in [6, 6.07) is 0.520. The lowest BCUT2D eigenvalue weighted by Crippen LogP contribution is -2.41. The van der Waals surface area contributed by atoms with Gasteiger partial charge in [-0.05, 0) is 31.9 Å². The van der Waals surface area contributed by atoms with E-state index in [-0.39, 0.29) is 5.91 Å². The van der Waals surface area contributed by atoms with Crippen LogP contribution in [0.1, 0.15) is 25.7 Å². The first-order valence-corrected chi connectivity index (χ1v) is 7.57. The van der Waals surface area contributed by atoms with Gasteiger partial charge in [0.1, 0.15) is 0 Å². The molecule has 100 valence electrons. The summed E-state index contributed by atoms with van der Waals surface area (Å²) in [6.07, 6.45) is 7.10. The summed E-state index contributed by atoms with van der Waals surface area (Å²) in [7, 11) is 1.63. The Bertz CT molecular complexity index is 219. The fraction of sp³-hybridized carbons (Fsp3) is 0.917. The summed E-state index contributed by atoms with van der Waals surface area (Å²) in [5.74, 6) is 0.0639. The van der Waals surface area contributed by atoms with E-state index in [4.69, 9.17) is 4.74 Å². The first kappa shape index (κ1) is 14.8. The van der Waals surface area contributed by atoms with Crippen molar-refractivity contribution in [3.8, 4) is 0 Å². The first-order chi connectivity index (χ1) is 8.26. The van der Waals surface area contributed by atoms with E-state index in [1.165, 1.54) is 25.7 Å². The van der Waals surface area contributed by atoms with Crippen LogP contribution in [0.25, 0.3) is 0 Å². The zero-order valence-corrected chi connectivity index (χ0v) is 11.6. The van der Waals surface area contributed by atoms with Crippen LogP contribution in [0.5, 0.6) is 0 Å². The molecule has 0 radical (unpaired) electrons. The van der Waals surface area contributed by atoms with Crippen molar-refractivity contribution in [2.24, 2.45) is 0 Å². The van der Waals surface area contributed by atoms with E-state index in [2.05, 4.69) is 16.9 Å². The number of thioether (sulfide) groups is 1. The molecule has 0 aliphatic heterocycles. The highest BCUT2D eigenvalue weighted by Crippen LogP contribution is 2.26. The smallest absolute Gasteiger partial charge is 0.234 e. The summed E-state index contributed by atoms with van der Waals surface area (Å²) >= 11 is 1.96. The third kappa shape index (κ3) is 6.29. The van der Waals surface area contributed by atoms with Gasteiger partial charge in [0.2, 0.25) is 5.91 Å². The molecule has 1 aliphatic rings. The van der Waals surface area contributed by atoms with Crippen LogP contribution in [0.4, 0.5) is 0 Å². The van der Waals surface area contributed by atoms with Crippen LogP contribution in [0.3, 0.4) is 0 Å². The highest BCUT2D eigenvalue weighted by Gasteiger charge is 2.20. The third-order valence-electron chi connectivity index (χ3n) is 3.19. The van der Waals surface area contributed by atoms with E-state index in [0.29, 0.717) is 25.7 Å². The van der Waals surface area contributed by atoms with Crippen molar-refractivity contribution in [3.05, 3.63) is 0 Å². The number of methoxy groups -OCH3 is 1. The van der Waals surface area contributed by atoms with Gasteiger partial charge >= 0.3 is 0 Å². The van der Waals surface area contributed by atoms with Gasteiger partial charge in [-0.1, -0.05) is 0 Å². The van der Waals surface area contributed by atoms with Crippen molar-refractivity contribution < 1.29 is 9.53 Å². The highest BCUT2D eigenvalue weighted by atomic mass is 32.2. The molecule has 0 aromatic rings. The van der Waals surface area contributed by atoms with Gasteiger partial charge in [0, 0.05) is 24.9 Å². The maximum atomic E-state index is 11.4. The summed E-state index contributed by atoms with van der Waals surface area (Å²) in [5.41, 5.74) is 0. The lowest BCUT2D eigenvalue weighted by atomic mass is 9.95. The van der Waals surface area contributed by atoms with E-state index in [1.807, 2.05) is 11.8 Å². The quantitative estimate of drug-likeness (QED) is 0.671. The Morgan fingerprint density at radius 3 is 2.65 bits per heavy atom. The molecule has 5 heteroatoms. The Kier molecular flexibility index (Phi) is 7.64. The van der Waals surface area contributed by atoms with Gasteiger partial charge in [-0.3, -0.25) is 4.79 Å². The molecule has 1 amide bonds. The zero-order chi connectivity index (χ0) is 12.5. The van der Waals surface area contributed by atoms with E-state index in [1.54, 1.807) is 7.11 Å². The maximum Gasteiger partial charge on any atom is 0.234 e. The molecule has 17 heavy (non-hydrogen) atoms. The van der Waals surface area contributed by atoms with Crippen LogP contribution in [0.15, 0.2) is 0 Å². The van der Waals surface area contributed by atoms with Crippen molar-refractivity contribution in [2.75, 3.05) is 33.1 Å². The Morgan fingerprint density at radius 1 is 1.35 bits per heavy atom. The molecular formula is C12H24N2O2S. The van der Waals surface area contributed by atoms with Gasteiger partial charge in [-0.25, -0.2) is 0 Å². The monoisotopic (exact) mass is 260 g/mol. The Morgan fingerprint density at radius 2 is 2.06 bits per heavy atom. The second-order valence-electron chi connectivity index (χ2n) is 4.43. The van der Waals surface area contributed by atoms with E-state index >= 15 is 0 Å². The van der Waals surface area contributed by atoms with Crippen molar-refractivity contribution in [1.29, 1.82) is 0 Å². The average molecular weight is 260 g/mol.